The Kier molecular flexibility index (Phi) is 8.30. The number of rotatable bonds is 10. The number of hydrogen-bond donors (Lipinski definition) is 0. The minimum Gasteiger partial charge on any atom is -0.494 e. The number of fused-ring (bicyclic) bond motifs is 2. The van der Waals surface area contributed by atoms with Crippen molar-refractivity contribution in [2.45, 2.75) is 33.1 Å². The Bertz CT molecular complexity index is 1550. The highest BCUT2D eigenvalue weighted by Crippen LogP contribution is 2.37. The van der Waals surface area contributed by atoms with Gasteiger partial charge in [0.15, 0.2) is 0 Å². The molecule has 0 saturated heterocycles. The van der Waals surface area contributed by atoms with Crippen LogP contribution in [0.25, 0.3) is 15.6 Å². The molecule has 0 atom stereocenters. The normalized spacial score (nSPS) is 13.2. The van der Waals surface area contributed by atoms with E-state index < -0.39 is 5.97 Å². The van der Waals surface area contributed by atoms with Crippen LogP contribution < -0.4 is 14.4 Å². The lowest BCUT2D eigenvalue weighted by Gasteiger charge is -2.16. The van der Waals surface area contributed by atoms with Gasteiger partial charge in [-0.15, -0.1) is 21.6 Å². The van der Waals surface area contributed by atoms with Gasteiger partial charge < -0.3 is 14.4 Å². The van der Waals surface area contributed by atoms with Crippen molar-refractivity contribution in [1.29, 1.82) is 5.26 Å². The number of hydrogen-bond acceptors (Lipinski definition) is 10. The molecule has 0 unspecified atom stereocenters. The van der Waals surface area contributed by atoms with Gasteiger partial charge in [0.25, 0.3) is 0 Å². The number of likely N-dealkylation sites (N-methyl/N-ethyl adjacent to an activating group) is 1. The first kappa shape index (κ1) is 26.5. The quantitative estimate of drug-likeness (QED) is 0.0492. The third-order valence-electron chi connectivity index (χ3n) is 6.21. The number of nitriles is 1. The summed E-state index contributed by atoms with van der Waals surface area (Å²) in [5.74, 6) is 0.339. The summed E-state index contributed by atoms with van der Waals surface area (Å²) in [7, 11) is 0. The second-order valence-corrected chi connectivity index (χ2v) is 11.0. The summed E-state index contributed by atoms with van der Waals surface area (Å²) in [6.45, 7) is 6.94. The molecule has 0 bridgehead atoms. The fraction of sp³-hybridized carbons (Fsp3) is 0.276. The number of ether oxygens (including phenoxy) is 2. The van der Waals surface area contributed by atoms with E-state index in [1.165, 1.54) is 40.0 Å². The number of nitrogens with zero attached hydrogens (tertiary/aromatic N) is 5. The highest BCUT2D eigenvalue weighted by Gasteiger charge is 2.18. The van der Waals surface area contributed by atoms with E-state index in [9.17, 15) is 10.1 Å². The molecule has 3 heterocycles. The van der Waals surface area contributed by atoms with Crippen molar-refractivity contribution < 1.29 is 14.3 Å². The van der Waals surface area contributed by atoms with Crippen molar-refractivity contribution in [1.82, 2.24) is 4.98 Å². The van der Waals surface area contributed by atoms with E-state index in [4.69, 9.17) is 9.47 Å². The van der Waals surface area contributed by atoms with E-state index in [-0.39, 0.29) is 5.57 Å². The van der Waals surface area contributed by atoms with Crippen molar-refractivity contribution in [2.75, 3.05) is 24.6 Å². The number of unbranched alkanes of at least 4 members (excludes halogenated alkanes) is 1. The minimum atomic E-state index is -0.715. The molecular weight excluding hydrogens is 530 g/mol. The van der Waals surface area contributed by atoms with Gasteiger partial charge in [-0.3, -0.25) is 0 Å². The average Bonchev–Trinajstić information content (AvgIpc) is 3.64. The molecule has 10 heteroatoms. The standard InChI is InChI=1S/C29H27N5O3S2/c1-3-5-14-36-22-7-9-23(10-8-22)37-28(35)20(18-30)16-24-17-26-27(38-24)31-29(39-26)33-32-21-6-11-25-19(15-21)12-13-34(25)4-2/h6-11,15-17H,3-5,12-14H2,1-2H3/b20-16+,33-32+. The largest absolute Gasteiger partial charge is 0.494 e. The number of esters is 1. The molecule has 198 valence electrons. The zero-order valence-corrected chi connectivity index (χ0v) is 23.3. The Morgan fingerprint density at radius 2 is 1.95 bits per heavy atom. The first-order chi connectivity index (χ1) is 19.1. The number of thiazole rings is 1. The van der Waals surface area contributed by atoms with E-state index in [0.29, 0.717) is 23.2 Å². The van der Waals surface area contributed by atoms with Gasteiger partial charge in [-0.25, -0.2) is 9.78 Å². The lowest BCUT2D eigenvalue weighted by Crippen LogP contribution is -2.18. The van der Waals surface area contributed by atoms with E-state index in [1.807, 2.05) is 18.2 Å². The van der Waals surface area contributed by atoms with Crippen LogP contribution >= 0.6 is 22.7 Å². The first-order valence-electron chi connectivity index (χ1n) is 12.8. The Balaban J connectivity index is 1.23. The Morgan fingerprint density at radius 3 is 2.69 bits per heavy atom. The molecule has 2 aromatic heterocycles. The van der Waals surface area contributed by atoms with Gasteiger partial charge >= 0.3 is 5.97 Å². The number of benzene rings is 2. The van der Waals surface area contributed by atoms with Gasteiger partial charge in [0.2, 0.25) is 5.13 Å². The van der Waals surface area contributed by atoms with Crippen LogP contribution in [-0.2, 0) is 11.2 Å². The lowest BCUT2D eigenvalue weighted by molar-refractivity contribution is -0.129. The topological polar surface area (TPSA) is 100 Å². The summed E-state index contributed by atoms with van der Waals surface area (Å²) < 4.78 is 11.9. The number of carbonyl (C=O) groups is 1. The molecule has 2 aromatic carbocycles. The average molecular weight is 558 g/mol. The second kappa shape index (κ2) is 12.2. The predicted molar refractivity (Wildman–Crippen MR) is 156 cm³/mol. The molecule has 39 heavy (non-hydrogen) atoms. The highest BCUT2D eigenvalue weighted by atomic mass is 32.1. The minimum absolute atomic E-state index is 0.0923. The fourth-order valence-electron chi connectivity index (χ4n) is 4.18. The predicted octanol–water partition coefficient (Wildman–Crippen LogP) is 7.85. The van der Waals surface area contributed by atoms with Gasteiger partial charge in [-0.2, -0.15) is 5.26 Å². The van der Waals surface area contributed by atoms with Crippen LogP contribution in [0, 0.1) is 11.3 Å². The molecule has 1 aliphatic heterocycles. The van der Waals surface area contributed by atoms with Crippen molar-refractivity contribution >= 4 is 60.8 Å². The summed E-state index contributed by atoms with van der Waals surface area (Å²) in [6, 6.07) is 16.8. The number of aromatic nitrogens is 1. The van der Waals surface area contributed by atoms with Crippen LogP contribution in [0.5, 0.6) is 11.5 Å². The molecule has 5 rings (SSSR count). The van der Waals surface area contributed by atoms with Crippen molar-refractivity contribution in [3.05, 3.63) is 64.5 Å². The smallest absolute Gasteiger partial charge is 0.354 e. The highest BCUT2D eigenvalue weighted by molar-refractivity contribution is 7.29. The molecule has 0 fully saturated rings. The van der Waals surface area contributed by atoms with Crippen molar-refractivity contribution in [2.24, 2.45) is 10.2 Å². The van der Waals surface area contributed by atoms with E-state index in [2.05, 4.69) is 46.1 Å². The second-order valence-electron chi connectivity index (χ2n) is 8.89. The van der Waals surface area contributed by atoms with Crippen LogP contribution in [0.1, 0.15) is 37.1 Å². The van der Waals surface area contributed by atoms with Crippen LogP contribution in [0.2, 0.25) is 0 Å². The summed E-state index contributed by atoms with van der Waals surface area (Å²) in [5.41, 5.74) is 3.29. The van der Waals surface area contributed by atoms with Gasteiger partial charge in [-0.05, 0) is 79.9 Å². The molecule has 0 spiro atoms. The SMILES string of the molecule is CCCCOc1ccc(OC(=O)/C(C#N)=C/c2cc3sc(/N=N/c4ccc5c(c4)CCN5CC)nc3s2)cc1. The van der Waals surface area contributed by atoms with Crippen LogP contribution in [0.15, 0.2) is 64.3 Å². The third-order valence-corrected chi connectivity index (χ3v) is 8.20. The van der Waals surface area contributed by atoms with Gasteiger partial charge in [0, 0.05) is 23.7 Å². The number of azo groups is 1. The lowest BCUT2D eigenvalue weighted by atomic mass is 10.1. The molecule has 1 aliphatic rings. The van der Waals surface area contributed by atoms with Gasteiger partial charge in [0.1, 0.15) is 28.0 Å². The van der Waals surface area contributed by atoms with Crippen molar-refractivity contribution in [3.8, 4) is 17.6 Å². The molecule has 0 saturated carbocycles. The van der Waals surface area contributed by atoms with Crippen LogP contribution in [-0.4, -0.2) is 30.6 Å². The number of thiophene rings is 1. The molecule has 0 aliphatic carbocycles. The first-order valence-corrected chi connectivity index (χ1v) is 14.5. The maximum atomic E-state index is 12.6. The number of carbonyl (C=O) groups excluding carboxylic acids is 1. The number of anilines is 1. The third kappa shape index (κ3) is 6.33. The molecule has 0 amide bonds. The molecule has 0 radical (unpaired) electrons. The van der Waals surface area contributed by atoms with E-state index >= 15 is 0 Å². The summed E-state index contributed by atoms with van der Waals surface area (Å²) in [5, 5.41) is 18.8. The summed E-state index contributed by atoms with van der Waals surface area (Å²) >= 11 is 2.79. The monoisotopic (exact) mass is 557 g/mol. The molecule has 4 aromatic rings. The maximum Gasteiger partial charge on any atom is 0.354 e. The molecular formula is C29H27N5O3S2. The fourth-order valence-corrected chi connectivity index (χ4v) is 6.17. The summed E-state index contributed by atoms with van der Waals surface area (Å²) in [4.78, 5) is 21.0. The van der Waals surface area contributed by atoms with Crippen molar-refractivity contribution in [3.63, 3.8) is 0 Å². The Morgan fingerprint density at radius 1 is 1.13 bits per heavy atom. The van der Waals surface area contributed by atoms with E-state index in [0.717, 1.165) is 52.4 Å². The van der Waals surface area contributed by atoms with Gasteiger partial charge in [-0.1, -0.05) is 24.7 Å². The van der Waals surface area contributed by atoms with Gasteiger partial charge in [0.05, 0.1) is 17.0 Å². The molecule has 0 N–H and O–H groups in total. The maximum absolute atomic E-state index is 12.6. The summed E-state index contributed by atoms with van der Waals surface area (Å²) in [6.07, 6.45) is 4.57. The molecule has 8 nitrogen and oxygen atoms in total. The van der Waals surface area contributed by atoms with Crippen LogP contribution in [0.4, 0.5) is 16.5 Å². The van der Waals surface area contributed by atoms with E-state index in [1.54, 1.807) is 24.3 Å². The zero-order chi connectivity index (χ0) is 27.2. The Hall–Kier alpha value is -4.07. The zero-order valence-electron chi connectivity index (χ0n) is 21.7. The van der Waals surface area contributed by atoms with Crippen LogP contribution in [0.3, 0.4) is 0 Å². The Labute approximate surface area is 234 Å².